The molecule has 0 aliphatic carbocycles. The minimum absolute atomic E-state index is 0. The molecule has 0 amide bonds. The Kier molecular flexibility index (Phi) is 8.64. The van der Waals surface area contributed by atoms with E-state index in [1.807, 2.05) is 17.5 Å². The van der Waals surface area contributed by atoms with Gasteiger partial charge < -0.3 is 15.7 Å². The average molecular weight is 416 g/mol. The molecule has 3 N–H and O–H groups in total. The van der Waals surface area contributed by atoms with Crippen LogP contribution in [-0.2, 0) is 5.60 Å². The lowest BCUT2D eigenvalue weighted by Gasteiger charge is -2.23. The summed E-state index contributed by atoms with van der Waals surface area (Å²) < 4.78 is 0. The number of halogens is 2. The summed E-state index contributed by atoms with van der Waals surface area (Å²) in [6, 6.07) is 3.82. The van der Waals surface area contributed by atoms with Crippen molar-refractivity contribution >= 4 is 52.9 Å². The van der Waals surface area contributed by atoms with Gasteiger partial charge in [-0.05, 0) is 18.4 Å². The van der Waals surface area contributed by atoms with Gasteiger partial charge in [-0.15, -0.1) is 35.3 Å². The molecule has 108 valence electrons. The van der Waals surface area contributed by atoms with Crippen molar-refractivity contribution in [3.05, 3.63) is 34.0 Å². The SMILES string of the molecule is C=C(Cl)CNC(=NC)NCC(C)(O)c1cccs1.I. The molecule has 0 radical (unpaired) electrons. The van der Waals surface area contributed by atoms with Gasteiger partial charge in [0.25, 0.3) is 0 Å². The molecule has 1 rings (SSSR count). The van der Waals surface area contributed by atoms with Gasteiger partial charge >= 0.3 is 0 Å². The quantitative estimate of drug-likeness (QED) is 0.393. The van der Waals surface area contributed by atoms with Gasteiger partial charge in [0.05, 0.1) is 13.1 Å². The van der Waals surface area contributed by atoms with Gasteiger partial charge in [-0.2, -0.15) is 0 Å². The molecule has 0 saturated heterocycles. The van der Waals surface area contributed by atoms with Crippen molar-refractivity contribution in [3.8, 4) is 0 Å². The van der Waals surface area contributed by atoms with Gasteiger partial charge in [0, 0.05) is 17.0 Å². The van der Waals surface area contributed by atoms with Crippen molar-refractivity contribution in [1.29, 1.82) is 0 Å². The first kappa shape index (κ1) is 18.7. The smallest absolute Gasteiger partial charge is 0.191 e. The fourth-order valence-corrected chi connectivity index (χ4v) is 2.18. The normalized spacial score (nSPS) is 14.2. The monoisotopic (exact) mass is 415 g/mol. The maximum Gasteiger partial charge on any atom is 0.191 e. The lowest BCUT2D eigenvalue weighted by atomic mass is 10.1. The Morgan fingerprint density at radius 3 is 2.74 bits per heavy atom. The van der Waals surface area contributed by atoms with Gasteiger partial charge in [0.1, 0.15) is 5.60 Å². The molecule has 0 aromatic carbocycles. The maximum absolute atomic E-state index is 10.3. The number of hydrogen-bond donors (Lipinski definition) is 3. The average Bonchev–Trinajstić information content (AvgIpc) is 2.83. The first-order valence-corrected chi connectivity index (χ1v) is 6.75. The molecule has 0 aliphatic rings. The highest BCUT2D eigenvalue weighted by Crippen LogP contribution is 2.24. The van der Waals surface area contributed by atoms with Crippen molar-refractivity contribution in [1.82, 2.24) is 10.6 Å². The Morgan fingerprint density at radius 2 is 2.26 bits per heavy atom. The van der Waals surface area contributed by atoms with E-state index < -0.39 is 5.60 Å². The van der Waals surface area contributed by atoms with Crippen LogP contribution in [0, 0.1) is 0 Å². The standard InChI is InChI=1S/C12H18ClN3OS.HI/c1-9(13)7-15-11(14-3)16-8-12(2,17)10-5-4-6-18-10;/h4-6,17H,1,7-8H2,2-3H3,(H2,14,15,16);1H. The number of thiophene rings is 1. The van der Waals surface area contributed by atoms with E-state index in [2.05, 4.69) is 22.2 Å². The lowest BCUT2D eigenvalue weighted by molar-refractivity contribution is 0.0655. The molecular weight excluding hydrogens is 397 g/mol. The Balaban J connectivity index is 0.00000324. The second kappa shape index (κ2) is 8.78. The third-order valence-corrected chi connectivity index (χ3v) is 3.58. The predicted octanol–water partition coefficient (Wildman–Crippen LogP) is 2.49. The summed E-state index contributed by atoms with van der Waals surface area (Å²) >= 11 is 7.18. The first-order chi connectivity index (χ1) is 8.45. The maximum atomic E-state index is 10.3. The minimum atomic E-state index is -0.927. The fraction of sp³-hybridized carbons (Fsp3) is 0.417. The summed E-state index contributed by atoms with van der Waals surface area (Å²) in [7, 11) is 1.66. The van der Waals surface area contributed by atoms with Crippen LogP contribution in [-0.4, -0.2) is 31.2 Å². The second-order valence-electron chi connectivity index (χ2n) is 4.05. The number of nitrogens with one attached hydrogen (secondary N) is 2. The van der Waals surface area contributed by atoms with E-state index in [-0.39, 0.29) is 24.0 Å². The van der Waals surface area contributed by atoms with E-state index in [1.165, 1.54) is 11.3 Å². The fourth-order valence-electron chi connectivity index (χ4n) is 1.33. The van der Waals surface area contributed by atoms with Crippen LogP contribution in [0.4, 0.5) is 0 Å². The molecule has 0 spiro atoms. The molecule has 1 aromatic heterocycles. The Bertz CT molecular complexity index is 421. The highest BCUT2D eigenvalue weighted by atomic mass is 127. The van der Waals surface area contributed by atoms with Crippen LogP contribution >= 0.6 is 46.9 Å². The van der Waals surface area contributed by atoms with Crippen molar-refractivity contribution < 1.29 is 5.11 Å². The van der Waals surface area contributed by atoms with E-state index in [0.717, 1.165) is 4.88 Å². The van der Waals surface area contributed by atoms with Gasteiger partial charge in [0.2, 0.25) is 0 Å². The Morgan fingerprint density at radius 1 is 1.58 bits per heavy atom. The van der Waals surface area contributed by atoms with E-state index in [1.54, 1.807) is 14.0 Å². The molecule has 1 aromatic rings. The molecule has 4 nitrogen and oxygen atoms in total. The molecule has 1 unspecified atom stereocenters. The molecule has 0 aliphatic heterocycles. The molecule has 1 atom stereocenters. The summed E-state index contributed by atoms with van der Waals surface area (Å²) in [5.41, 5.74) is -0.927. The van der Waals surface area contributed by atoms with Crippen molar-refractivity contribution in [3.63, 3.8) is 0 Å². The zero-order valence-corrected chi connectivity index (χ0v) is 14.8. The van der Waals surface area contributed by atoms with E-state index in [0.29, 0.717) is 24.1 Å². The van der Waals surface area contributed by atoms with Crippen LogP contribution in [0.2, 0.25) is 0 Å². The highest BCUT2D eigenvalue weighted by molar-refractivity contribution is 14.0. The largest absolute Gasteiger partial charge is 0.383 e. The topological polar surface area (TPSA) is 56.7 Å². The number of guanidine groups is 1. The van der Waals surface area contributed by atoms with Gasteiger partial charge in [0.15, 0.2) is 5.96 Å². The Hall–Kier alpha value is -0.310. The zero-order valence-electron chi connectivity index (χ0n) is 10.9. The van der Waals surface area contributed by atoms with Gasteiger partial charge in [-0.3, -0.25) is 4.99 Å². The zero-order chi connectivity index (χ0) is 13.6. The van der Waals surface area contributed by atoms with Crippen molar-refractivity contribution in [2.24, 2.45) is 4.99 Å². The summed E-state index contributed by atoms with van der Waals surface area (Å²) in [5.74, 6) is 0.577. The molecule has 0 fully saturated rings. The third kappa shape index (κ3) is 6.60. The van der Waals surface area contributed by atoms with Crippen LogP contribution in [0.25, 0.3) is 0 Å². The van der Waals surface area contributed by atoms with Crippen LogP contribution in [0.3, 0.4) is 0 Å². The van der Waals surface area contributed by atoms with E-state index in [4.69, 9.17) is 11.6 Å². The predicted molar refractivity (Wildman–Crippen MR) is 93.7 cm³/mol. The highest BCUT2D eigenvalue weighted by Gasteiger charge is 2.24. The summed E-state index contributed by atoms with van der Waals surface area (Å²) in [6.07, 6.45) is 0. The molecule has 19 heavy (non-hydrogen) atoms. The second-order valence-corrected chi connectivity index (χ2v) is 5.53. The molecule has 0 saturated carbocycles. The lowest BCUT2D eigenvalue weighted by Crippen LogP contribution is -2.44. The number of nitrogens with zero attached hydrogens (tertiary/aromatic N) is 1. The van der Waals surface area contributed by atoms with Gasteiger partial charge in [-0.25, -0.2) is 0 Å². The molecular formula is C12H19ClIN3OS. The van der Waals surface area contributed by atoms with Gasteiger partial charge in [-0.1, -0.05) is 24.2 Å². The van der Waals surface area contributed by atoms with E-state index in [9.17, 15) is 5.11 Å². The third-order valence-electron chi connectivity index (χ3n) is 2.32. The van der Waals surface area contributed by atoms with Crippen molar-refractivity contribution in [2.45, 2.75) is 12.5 Å². The number of rotatable bonds is 5. The number of aliphatic hydroxyl groups is 1. The van der Waals surface area contributed by atoms with Crippen LogP contribution in [0.15, 0.2) is 34.1 Å². The first-order valence-electron chi connectivity index (χ1n) is 5.50. The molecule has 7 heteroatoms. The van der Waals surface area contributed by atoms with E-state index >= 15 is 0 Å². The summed E-state index contributed by atoms with van der Waals surface area (Å²) in [5, 5.41) is 18.8. The minimum Gasteiger partial charge on any atom is -0.383 e. The summed E-state index contributed by atoms with van der Waals surface area (Å²) in [6.45, 7) is 6.14. The molecule has 0 bridgehead atoms. The van der Waals surface area contributed by atoms with Crippen LogP contribution < -0.4 is 10.6 Å². The number of hydrogen-bond acceptors (Lipinski definition) is 3. The summed E-state index contributed by atoms with van der Waals surface area (Å²) in [4.78, 5) is 4.94. The number of aliphatic imine (C=N–C) groups is 1. The van der Waals surface area contributed by atoms with Crippen molar-refractivity contribution in [2.75, 3.05) is 20.1 Å². The Labute approximate surface area is 140 Å². The van der Waals surface area contributed by atoms with Crippen LogP contribution in [0.1, 0.15) is 11.8 Å². The van der Waals surface area contributed by atoms with Crippen LogP contribution in [0.5, 0.6) is 0 Å². The molecule has 1 heterocycles.